The van der Waals surface area contributed by atoms with Gasteiger partial charge in [-0.15, -0.1) is 0 Å². The van der Waals surface area contributed by atoms with Crippen molar-refractivity contribution in [3.05, 3.63) is 36.2 Å². The standard InChI is InChI=1S/C12H15N3/c1-3-15-8-10(7-14-15)12-5-4-11(13)6-9(12)2/h4-8H,3,13H2,1-2H3. The van der Waals surface area contributed by atoms with E-state index < -0.39 is 0 Å². The van der Waals surface area contributed by atoms with Crippen molar-refractivity contribution < 1.29 is 0 Å². The number of nitrogen functional groups attached to an aromatic ring is 1. The van der Waals surface area contributed by atoms with Crippen molar-refractivity contribution in [2.75, 3.05) is 5.73 Å². The quantitative estimate of drug-likeness (QED) is 0.758. The molecule has 0 unspecified atom stereocenters. The monoisotopic (exact) mass is 201 g/mol. The molecule has 2 N–H and O–H groups in total. The molecule has 3 nitrogen and oxygen atoms in total. The van der Waals surface area contributed by atoms with Crippen LogP contribution in [0.4, 0.5) is 5.69 Å². The number of nitrogens with two attached hydrogens (primary N) is 1. The van der Waals surface area contributed by atoms with Crippen molar-refractivity contribution in [2.45, 2.75) is 20.4 Å². The number of nitrogens with zero attached hydrogens (tertiary/aromatic N) is 2. The van der Waals surface area contributed by atoms with Gasteiger partial charge < -0.3 is 5.73 Å². The largest absolute Gasteiger partial charge is 0.399 e. The van der Waals surface area contributed by atoms with E-state index in [0.29, 0.717) is 0 Å². The minimum Gasteiger partial charge on any atom is -0.399 e. The minimum atomic E-state index is 0.805. The van der Waals surface area contributed by atoms with Gasteiger partial charge in [0.25, 0.3) is 0 Å². The van der Waals surface area contributed by atoms with E-state index in [0.717, 1.165) is 17.8 Å². The number of benzene rings is 1. The molecule has 78 valence electrons. The zero-order valence-corrected chi connectivity index (χ0v) is 9.07. The summed E-state index contributed by atoms with van der Waals surface area (Å²) in [5.74, 6) is 0. The van der Waals surface area contributed by atoms with E-state index in [1.807, 2.05) is 29.1 Å². The summed E-state index contributed by atoms with van der Waals surface area (Å²) in [6.07, 6.45) is 3.94. The van der Waals surface area contributed by atoms with Gasteiger partial charge >= 0.3 is 0 Å². The normalized spacial score (nSPS) is 10.5. The summed E-state index contributed by atoms with van der Waals surface area (Å²) in [4.78, 5) is 0. The lowest BCUT2D eigenvalue weighted by atomic mass is 10.0. The minimum absolute atomic E-state index is 0.805. The van der Waals surface area contributed by atoms with E-state index in [4.69, 9.17) is 5.73 Å². The van der Waals surface area contributed by atoms with E-state index in [1.165, 1.54) is 11.1 Å². The lowest BCUT2D eigenvalue weighted by Gasteiger charge is -2.03. The second-order valence-electron chi connectivity index (χ2n) is 3.66. The van der Waals surface area contributed by atoms with Gasteiger partial charge in [0.2, 0.25) is 0 Å². The first-order valence-electron chi connectivity index (χ1n) is 5.09. The molecule has 0 amide bonds. The molecule has 0 saturated carbocycles. The van der Waals surface area contributed by atoms with E-state index in [1.54, 1.807) is 0 Å². The molecular formula is C12H15N3. The third kappa shape index (κ3) is 1.86. The predicted molar refractivity (Wildman–Crippen MR) is 62.5 cm³/mol. The fourth-order valence-corrected chi connectivity index (χ4v) is 1.69. The molecule has 3 heteroatoms. The van der Waals surface area contributed by atoms with Crippen molar-refractivity contribution >= 4 is 5.69 Å². The van der Waals surface area contributed by atoms with Crippen LogP contribution < -0.4 is 5.73 Å². The molecule has 2 rings (SSSR count). The van der Waals surface area contributed by atoms with Crippen LogP contribution in [0.15, 0.2) is 30.6 Å². The Morgan fingerprint density at radius 1 is 1.40 bits per heavy atom. The van der Waals surface area contributed by atoms with Gasteiger partial charge in [-0.1, -0.05) is 6.07 Å². The van der Waals surface area contributed by atoms with Gasteiger partial charge in [0.15, 0.2) is 0 Å². The van der Waals surface area contributed by atoms with Crippen molar-refractivity contribution in [3.63, 3.8) is 0 Å². The zero-order valence-electron chi connectivity index (χ0n) is 9.07. The summed E-state index contributed by atoms with van der Waals surface area (Å²) < 4.78 is 1.92. The Labute approximate surface area is 89.5 Å². The zero-order chi connectivity index (χ0) is 10.8. The summed E-state index contributed by atoms with van der Waals surface area (Å²) in [6, 6.07) is 5.95. The maximum atomic E-state index is 5.72. The number of aromatic nitrogens is 2. The van der Waals surface area contributed by atoms with E-state index in [9.17, 15) is 0 Å². The Morgan fingerprint density at radius 2 is 2.20 bits per heavy atom. The molecule has 0 aliphatic carbocycles. The van der Waals surface area contributed by atoms with Gasteiger partial charge in [0.05, 0.1) is 6.20 Å². The van der Waals surface area contributed by atoms with Crippen molar-refractivity contribution in [3.8, 4) is 11.1 Å². The van der Waals surface area contributed by atoms with E-state index in [-0.39, 0.29) is 0 Å². The Hall–Kier alpha value is -1.77. The van der Waals surface area contributed by atoms with Crippen LogP contribution >= 0.6 is 0 Å². The van der Waals surface area contributed by atoms with Crippen LogP contribution in [0.2, 0.25) is 0 Å². The van der Waals surface area contributed by atoms with Crippen molar-refractivity contribution in [1.82, 2.24) is 9.78 Å². The fourth-order valence-electron chi connectivity index (χ4n) is 1.69. The highest BCUT2D eigenvalue weighted by molar-refractivity contribution is 5.68. The third-order valence-corrected chi connectivity index (χ3v) is 2.52. The van der Waals surface area contributed by atoms with Gasteiger partial charge in [-0.05, 0) is 37.1 Å². The van der Waals surface area contributed by atoms with E-state index in [2.05, 4.69) is 25.1 Å². The number of anilines is 1. The molecule has 2 aromatic rings. The first kappa shape index (κ1) is 9.77. The van der Waals surface area contributed by atoms with Crippen LogP contribution in [0.25, 0.3) is 11.1 Å². The Morgan fingerprint density at radius 3 is 2.80 bits per heavy atom. The van der Waals surface area contributed by atoms with Crippen molar-refractivity contribution in [1.29, 1.82) is 0 Å². The molecule has 0 saturated heterocycles. The van der Waals surface area contributed by atoms with Gasteiger partial charge in [-0.3, -0.25) is 4.68 Å². The average molecular weight is 201 g/mol. The maximum absolute atomic E-state index is 5.72. The molecule has 0 radical (unpaired) electrons. The highest BCUT2D eigenvalue weighted by Crippen LogP contribution is 2.24. The number of aryl methyl sites for hydroxylation is 2. The number of hydrogen-bond acceptors (Lipinski definition) is 2. The predicted octanol–water partition coefficient (Wildman–Crippen LogP) is 2.46. The topological polar surface area (TPSA) is 43.8 Å². The van der Waals surface area contributed by atoms with Gasteiger partial charge in [-0.25, -0.2) is 0 Å². The Balaban J connectivity index is 2.44. The summed E-state index contributed by atoms with van der Waals surface area (Å²) in [6.45, 7) is 5.04. The van der Waals surface area contributed by atoms with Crippen LogP contribution in [0, 0.1) is 6.92 Å². The van der Waals surface area contributed by atoms with Crippen LogP contribution in [-0.2, 0) is 6.54 Å². The molecule has 0 aliphatic heterocycles. The molecule has 1 heterocycles. The second kappa shape index (κ2) is 3.77. The fraction of sp³-hybridized carbons (Fsp3) is 0.250. The molecule has 15 heavy (non-hydrogen) atoms. The summed E-state index contributed by atoms with van der Waals surface area (Å²) in [5, 5.41) is 4.26. The molecule has 0 atom stereocenters. The van der Waals surface area contributed by atoms with Gasteiger partial charge in [0.1, 0.15) is 0 Å². The maximum Gasteiger partial charge on any atom is 0.0568 e. The number of hydrogen-bond donors (Lipinski definition) is 1. The summed E-state index contributed by atoms with van der Waals surface area (Å²) >= 11 is 0. The van der Waals surface area contributed by atoms with Crippen LogP contribution in [0.1, 0.15) is 12.5 Å². The average Bonchev–Trinajstić information content (AvgIpc) is 2.66. The van der Waals surface area contributed by atoms with E-state index >= 15 is 0 Å². The smallest absolute Gasteiger partial charge is 0.0568 e. The lowest BCUT2D eigenvalue weighted by Crippen LogP contribution is -1.92. The number of rotatable bonds is 2. The second-order valence-corrected chi connectivity index (χ2v) is 3.66. The van der Waals surface area contributed by atoms with Crippen LogP contribution in [-0.4, -0.2) is 9.78 Å². The first-order valence-corrected chi connectivity index (χ1v) is 5.09. The highest BCUT2D eigenvalue weighted by atomic mass is 15.3. The lowest BCUT2D eigenvalue weighted by molar-refractivity contribution is 0.660. The summed E-state index contributed by atoms with van der Waals surface area (Å²) in [5.41, 5.74) is 10.1. The third-order valence-electron chi connectivity index (χ3n) is 2.52. The summed E-state index contributed by atoms with van der Waals surface area (Å²) in [7, 11) is 0. The molecule has 0 fully saturated rings. The molecule has 0 aliphatic rings. The highest BCUT2D eigenvalue weighted by Gasteiger charge is 2.04. The van der Waals surface area contributed by atoms with Gasteiger partial charge in [-0.2, -0.15) is 5.10 Å². The molecule has 1 aromatic carbocycles. The molecular weight excluding hydrogens is 186 g/mol. The van der Waals surface area contributed by atoms with Crippen LogP contribution in [0.3, 0.4) is 0 Å². The molecule has 0 spiro atoms. The molecule has 1 aromatic heterocycles. The Bertz CT molecular complexity index is 471. The van der Waals surface area contributed by atoms with Crippen LogP contribution in [0.5, 0.6) is 0 Å². The first-order chi connectivity index (χ1) is 7.20. The molecule has 0 bridgehead atoms. The Kier molecular flexibility index (Phi) is 2.46. The van der Waals surface area contributed by atoms with Crippen molar-refractivity contribution in [2.24, 2.45) is 0 Å². The SMILES string of the molecule is CCn1cc(-c2ccc(N)cc2C)cn1. The van der Waals surface area contributed by atoms with Gasteiger partial charge in [0, 0.05) is 24.0 Å².